The number of carbonyl (C=O) groups is 1. The number of halogens is 1. The summed E-state index contributed by atoms with van der Waals surface area (Å²) in [6.45, 7) is 0.175. The van der Waals surface area contributed by atoms with E-state index >= 15 is 0 Å². The van der Waals surface area contributed by atoms with Gasteiger partial charge in [0.1, 0.15) is 5.82 Å². The van der Waals surface area contributed by atoms with Gasteiger partial charge in [0.2, 0.25) is 10.0 Å². The third kappa shape index (κ3) is 4.99. The predicted molar refractivity (Wildman–Crippen MR) is 102 cm³/mol. The fourth-order valence-electron chi connectivity index (χ4n) is 2.47. The van der Waals surface area contributed by atoms with Crippen LogP contribution in [-0.2, 0) is 23.1 Å². The topological polar surface area (TPSA) is 88.2 Å². The summed E-state index contributed by atoms with van der Waals surface area (Å²) >= 11 is 0. The first-order chi connectivity index (χ1) is 13.5. The van der Waals surface area contributed by atoms with E-state index in [2.05, 4.69) is 15.0 Å². The summed E-state index contributed by atoms with van der Waals surface area (Å²) in [5.41, 5.74) is 1.43. The zero-order valence-corrected chi connectivity index (χ0v) is 15.6. The molecule has 1 heterocycles. The van der Waals surface area contributed by atoms with Gasteiger partial charge in [-0.1, -0.05) is 18.2 Å². The Balaban J connectivity index is 1.62. The zero-order valence-electron chi connectivity index (χ0n) is 14.8. The van der Waals surface area contributed by atoms with Crippen molar-refractivity contribution >= 4 is 15.9 Å². The minimum atomic E-state index is -3.71. The van der Waals surface area contributed by atoms with Crippen LogP contribution in [0.3, 0.4) is 0 Å². The van der Waals surface area contributed by atoms with Gasteiger partial charge in [-0.05, 0) is 48.0 Å². The van der Waals surface area contributed by atoms with E-state index in [1.807, 2.05) is 0 Å². The van der Waals surface area contributed by atoms with Crippen LogP contribution in [0.2, 0.25) is 0 Å². The Bertz CT molecular complexity index is 1060. The number of hydrogen-bond acceptors (Lipinski definition) is 4. The number of hydrogen-bond donors (Lipinski definition) is 2. The van der Waals surface area contributed by atoms with Crippen LogP contribution in [0.15, 0.2) is 78.0 Å². The average molecular weight is 399 g/mol. The van der Waals surface area contributed by atoms with E-state index in [4.69, 9.17) is 0 Å². The number of sulfonamides is 1. The van der Waals surface area contributed by atoms with Gasteiger partial charge < -0.3 is 5.32 Å². The van der Waals surface area contributed by atoms with Crippen LogP contribution in [0.1, 0.15) is 21.5 Å². The van der Waals surface area contributed by atoms with E-state index in [0.717, 1.165) is 5.56 Å². The molecular weight excluding hydrogens is 381 g/mol. The Kier molecular flexibility index (Phi) is 6.13. The fourth-order valence-corrected chi connectivity index (χ4v) is 3.48. The molecule has 0 saturated carbocycles. The number of benzene rings is 2. The molecule has 0 unspecified atom stereocenters. The molecule has 3 aromatic rings. The molecule has 0 radical (unpaired) electrons. The number of rotatable bonds is 7. The highest BCUT2D eigenvalue weighted by Gasteiger charge is 2.15. The van der Waals surface area contributed by atoms with Crippen molar-refractivity contribution < 1.29 is 17.6 Å². The summed E-state index contributed by atoms with van der Waals surface area (Å²) in [7, 11) is -3.71. The number of pyridine rings is 1. The van der Waals surface area contributed by atoms with E-state index in [9.17, 15) is 17.6 Å². The molecule has 144 valence electrons. The molecule has 1 amide bonds. The van der Waals surface area contributed by atoms with Gasteiger partial charge >= 0.3 is 0 Å². The van der Waals surface area contributed by atoms with E-state index in [0.29, 0.717) is 5.56 Å². The van der Waals surface area contributed by atoms with Gasteiger partial charge in [-0.15, -0.1) is 0 Å². The zero-order chi connectivity index (χ0) is 20.0. The largest absolute Gasteiger partial charge is 0.348 e. The van der Waals surface area contributed by atoms with Crippen molar-refractivity contribution in [2.24, 2.45) is 0 Å². The molecule has 6 nitrogen and oxygen atoms in total. The average Bonchev–Trinajstić information content (AvgIpc) is 2.72. The lowest BCUT2D eigenvalue weighted by molar-refractivity contribution is 0.0950. The third-order valence-corrected chi connectivity index (χ3v) is 5.46. The van der Waals surface area contributed by atoms with Crippen molar-refractivity contribution in [3.8, 4) is 0 Å². The molecule has 0 fully saturated rings. The van der Waals surface area contributed by atoms with Gasteiger partial charge in [0, 0.05) is 36.6 Å². The first kappa shape index (κ1) is 19.7. The molecule has 0 bridgehead atoms. The molecule has 2 N–H and O–H groups in total. The molecule has 0 aliphatic carbocycles. The van der Waals surface area contributed by atoms with Crippen molar-refractivity contribution in [3.05, 3.63) is 95.6 Å². The second-order valence-corrected chi connectivity index (χ2v) is 7.75. The summed E-state index contributed by atoms with van der Waals surface area (Å²) in [6.07, 6.45) is 3.16. The number of amides is 1. The Labute approximate surface area is 162 Å². The molecule has 8 heteroatoms. The maximum atomic E-state index is 13.6. The predicted octanol–water partition coefficient (Wildman–Crippen LogP) is 2.63. The van der Waals surface area contributed by atoms with Crippen LogP contribution < -0.4 is 10.0 Å². The van der Waals surface area contributed by atoms with Crippen LogP contribution in [-0.4, -0.2) is 19.3 Å². The first-order valence-corrected chi connectivity index (χ1v) is 9.94. The standard InChI is InChI=1S/C20H18FN3O3S/c21-19-4-2-1-3-17(19)14-23-20(25)16-5-7-18(8-6-16)28(26,27)24-13-15-9-11-22-12-10-15/h1-12,24H,13-14H2,(H,23,25). The van der Waals surface area contributed by atoms with Crippen molar-refractivity contribution in [2.75, 3.05) is 0 Å². The molecule has 2 aromatic carbocycles. The van der Waals surface area contributed by atoms with Crippen LogP contribution in [0.5, 0.6) is 0 Å². The van der Waals surface area contributed by atoms with Crippen molar-refractivity contribution in [3.63, 3.8) is 0 Å². The molecule has 1 aromatic heterocycles. The van der Waals surface area contributed by atoms with Crippen LogP contribution in [0.25, 0.3) is 0 Å². The highest BCUT2D eigenvalue weighted by atomic mass is 32.2. The fraction of sp³-hybridized carbons (Fsp3) is 0.100. The lowest BCUT2D eigenvalue weighted by Crippen LogP contribution is -2.24. The summed E-state index contributed by atoms with van der Waals surface area (Å²) in [6, 6.07) is 15.1. The molecule has 0 saturated heterocycles. The van der Waals surface area contributed by atoms with Crippen molar-refractivity contribution in [2.45, 2.75) is 18.0 Å². The van der Waals surface area contributed by atoms with Gasteiger partial charge in [0.25, 0.3) is 5.91 Å². The maximum absolute atomic E-state index is 13.6. The maximum Gasteiger partial charge on any atom is 0.251 e. The summed E-state index contributed by atoms with van der Waals surface area (Å²) in [5.74, 6) is -0.818. The Morgan fingerprint density at radius 1 is 0.929 bits per heavy atom. The Morgan fingerprint density at radius 2 is 1.61 bits per heavy atom. The summed E-state index contributed by atoms with van der Waals surface area (Å²) in [4.78, 5) is 16.1. The molecule has 0 spiro atoms. The molecule has 28 heavy (non-hydrogen) atoms. The lowest BCUT2D eigenvalue weighted by atomic mass is 10.2. The van der Waals surface area contributed by atoms with Crippen LogP contribution >= 0.6 is 0 Å². The van der Waals surface area contributed by atoms with Gasteiger partial charge in [-0.3, -0.25) is 9.78 Å². The van der Waals surface area contributed by atoms with E-state index < -0.39 is 21.7 Å². The normalized spacial score (nSPS) is 11.2. The van der Waals surface area contributed by atoms with Gasteiger partial charge in [-0.25, -0.2) is 17.5 Å². The molecule has 0 aliphatic rings. The number of carbonyl (C=O) groups excluding carboxylic acids is 1. The second-order valence-electron chi connectivity index (χ2n) is 5.98. The van der Waals surface area contributed by atoms with E-state index in [1.165, 1.54) is 30.3 Å². The second kappa shape index (κ2) is 8.73. The van der Waals surface area contributed by atoms with Crippen LogP contribution in [0, 0.1) is 5.82 Å². The Hall–Kier alpha value is -3.10. The SMILES string of the molecule is O=C(NCc1ccccc1F)c1ccc(S(=O)(=O)NCc2ccncc2)cc1. The van der Waals surface area contributed by atoms with E-state index in [-0.39, 0.29) is 23.5 Å². The van der Waals surface area contributed by atoms with Crippen molar-refractivity contribution in [1.82, 2.24) is 15.0 Å². The number of aromatic nitrogens is 1. The number of nitrogens with one attached hydrogen (secondary N) is 2. The third-order valence-electron chi connectivity index (χ3n) is 4.04. The lowest BCUT2D eigenvalue weighted by Gasteiger charge is -2.09. The Morgan fingerprint density at radius 3 is 2.29 bits per heavy atom. The number of nitrogens with zero attached hydrogens (tertiary/aromatic N) is 1. The molecule has 0 atom stereocenters. The van der Waals surface area contributed by atoms with Crippen LogP contribution in [0.4, 0.5) is 4.39 Å². The molecular formula is C20H18FN3O3S. The van der Waals surface area contributed by atoms with E-state index in [1.54, 1.807) is 42.7 Å². The smallest absolute Gasteiger partial charge is 0.251 e. The summed E-state index contributed by atoms with van der Waals surface area (Å²) in [5, 5.41) is 2.61. The van der Waals surface area contributed by atoms with Gasteiger partial charge in [0.05, 0.1) is 4.90 Å². The van der Waals surface area contributed by atoms with Crippen molar-refractivity contribution in [1.29, 1.82) is 0 Å². The minimum absolute atomic E-state index is 0.0407. The highest BCUT2D eigenvalue weighted by molar-refractivity contribution is 7.89. The highest BCUT2D eigenvalue weighted by Crippen LogP contribution is 2.12. The summed E-state index contributed by atoms with van der Waals surface area (Å²) < 4.78 is 40.8. The van der Waals surface area contributed by atoms with Gasteiger partial charge in [-0.2, -0.15) is 0 Å². The molecule has 3 rings (SSSR count). The monoisotopic (exact) mass is 399 g/mol. The van der Waals surface area contributed by atoms with Gasteiger partial charge in [0.15, 0.2) is 0 Å². The quantitative estimate of drug-likeness (QED) is 0.639. The molecule has 0 aliphatic heterocycles. The minimum Gasteiger partial charge on any atom is -0.348 e. The first-order valence-electron chi connectivity index (χ1n) is 8.46.